The van der Waals surface area contributed by atoms with E-state index < -0.39 is 99.0 Å². The van der Waals surface area contributed by atoms with Gasteiger partial charge in [-0.2, -0.15) is 0 Å². The van der Waals surface area contributed by atoms with Gasteiger partial charge >= 0.3 is 0 Å². The zero-order chi connectivity index (χ0) is 25.0. The maximum atomic E-state index is 10.8. The summed E-state index contributed by atoms with van der Waals surface area (Å²) in [5.74, 6) is 0. The highest BCUT2D eigenvalue weighted by Crippen LogP contribution is 2.31. The van der Waals surface area contributed by atoms with Crippen LogP contribution in [0.4, 0.5) is 0 Å². The summed E-state index contributed by atoms with van der Waals surface area (Å²) in [6.45, 7) is -0.451. The highest BCUT2D eigenvalue weighted by Gasteiger charge is 2.51. The fraction of sp³-hybridized carbons (Fsp3) is 0.944. The second-order valence-electron chi connectivity index (χ2n) is 7.96. The first-order valence-corrected chi connectivity index (χ1v) is 10.2. The van der Waals surface area contributed by atoms with Gasteiger partial charge < -0.3 is 74.8 Å². The van der Waals surface area contributed by atoms with Crippen LogP contribution in [0.15, 0.2) is 0 Å². The number of hydrogen-bond donors (Lipinski definition) is 10. The molecule has 0 radical (unpaired) electrons. The topological polar surface area (TPSA) is 256 Å². The molecule has 2 heterocycles. The van der Waals surface area contributed by atoms with E-state index >= 15 is 0 Å². The van der Waals surface area contributed by atoms with Crippen LogP contribution in [0.2, 0.25) is 0 Å². The van der Waals surface area contributed by atoms with E-state index in [0.29, 0.717) is 0 Å². The van der Waals surface area contributed by atoms with Gasteiger partial charge in [0.1, 0.15) is 67.1 Å². The van der Waals surface area contributed by atoms with Gasteiger partial charge in [-0.25, -0.2) is 0 Å². The Bertz CT molecular complexity index is 609. The average molecular weight is 488 g/mol. The quantitative estimate of drug-likeness (QED) is 0.128. The van der Waals surface area contributed by atoms with Gasteiger partial charge in [0.2, 0.25) is 0 Å². The summed E-state index contributed by atoms with van der Waals surface area (Å²) in [5, 5.41) is 99.1. The van der Waals surface area contributed by atoms with E-state index in [2.05, 4.69) is 0 Å². The lowest BCUT2D eigenvalue weighted by Crippen LogP contribution is -2.65. The Balaban J connectivity index is 2.31. The van der Waals surface area contributed by atoms with Crippen LogP contribution in [-0.2, 0) is 23.7 Å². The van der Waals surface area contributed by atoms with Gasteiger partial charge in [0.15, 0.2) is 18.9 Å². The minimum Gasteiger partial charge on any atom is -0.394 e. The Labute approximate surface area is 187 Å². The molecule has 2 aliphatic rings. The number of hydrogen-bond acceptors (Lipinski definition) is 15. The van der Waals surface area contributed by atoms with Gasteiger partial charge in [-0.15, -0.1) is 0 Å². The lowest BCUT2D eigenvalue weighted by Gasteiger charge is -2.46. The van der Waals surface area contributed by atoms with Crippen LogP contribution in [0, 0.1) is 0 Å². The van der Waals surface area contributed by atoms with Crippen molar-refractivity contribution in [2.45, 2.75) is 92.8 Å². The number of ether oxygens (including phenoxy) is 4. The molecule has 0 aromatic carbocycles. The molecule has 15 nitrogen and oxygen atoms in total. The molecular weight excluding hydrogens is 456 g/mol. The predicted molar refractivity (Wildman–Crippen MR) is 101 cm³/mol. The monoisotopic (exact) mass is 488 g/mol. The average Bonchev–Trinajstić information content (AvgIpc) is 2.81. The standard InChI is InChI=1S/C18H32O15/c1-5-9(24)12(27)14(29)17(30-5)33-16-13(28)11(26)8(4-21)31-18(16)32-15(7(23)3-20)10(25)6(22)2-19/h2,5-18,20-29H,3-4H2,1H3/t5-,6-,7+,8+,9+,10+,11-,12+,13-,14-,15-,16+,17-,18-/m0/s1. The molecule has 0 unspecified atom stereocenters. The first kappa shape index (κ1) is 28.3. The van der Waals surface area contributed by atoms with E-state index in [1.807, 2.05) is 0 Å². The number of rotatable bonds is 10. The fourth-order valence-electron chi connectivity index (χ4n) is 3.52. The van der Waals surface area contributed by atoms with E-state index in [1.165, 1.54) is 6.92 Å². The van der Waals surface area contributed by atoms with Crippen molar-refractivity contribution < 1.29 is 74.8 Å². The zero-order valence-corrected chi connectivity index (χ0v) is 17.6. The molecule has 33 heavy (non-hydrogen) atoms. The Hall–Kier alpha value is -0.890. The molecule has 0 aromatic rings. The first-order chi connectivity index (χ1) is 15.5. The van der Waals surface area contributed by atoms with E-state index in [9.17, 15) is 55.9 Å². The third-order valence-corrected chi connectivity index (χ3v) is 5.61. The van der Waals surface area contributed by atoms with Crippen molar-refractivity contribution in [2.24, 2.45) is 0 Å². The molecule has 0 amide bonds. The Morgan fingerprint density at radius 3 is 2.06 bits per heavy atom. The summed E-state index contributed by atoms with van der Waals surface area (Å²) < 4.78 is 21.5. The second-order valence-corrected chi connectivity index (χ2v) is 7.96. The second kappa shape index (κ2) is 12.2. The first-order valence-electron chi connectivity index (χ1n) is 10.2. The van der Waals surface area contributed by atoms with Crippen molar-refractivity contribution in [3.63, 3.8) is 0 Å². The van der Waals surface area contributed by atoms with Crippen LogP contribution in [0.1, 0.15) is 6.92 Å². The van der Waals surface area contributed by atoms with Crippen LogP contribution in [-0.4, -0.2) is 156 Å². The van der Waals surface area contributed by atoms with Gasteiger partial charge in [0.05, 0.1) is 19.3 Å². The highest BCUT2D eigenvalue weighted by molar-refractivity contribution is 5.56. The molecule has 0 saturated carbocycles. The number of aliphatic hydroxyl groups excluding tert-OH is 10. The van der Waals surface area contributed by atoms with Crippen LogP contribution >= 0.6 is 0 Å². The fourth-order valence-corrected chi connectivity index (χ4v) is 3.52. The van der Waals surface area contributed by atoms with E-state index in [1.54, 1.807) is 0 Å². The molecule has 2 fully saturated rings. The lowest BCUT2D eigenvalue weighted by molar-refractivity contribution is -0.375. The van der Waals surface area contributed by atoms with Gasteiger partial charge in [-0.05, 0) is 6.92 Å². The van der Waals surface area contributed by atoms with Crippen molar-refractivity contribution in [3.8, 4) is 0 Å². The van der Waals surface area contributed by atoms with E-state index in [4.69, 9.17) is 18.9 Å². The summed E-state index contributed by atoms with van der Waals surface area (Å²) in [6.07, 6.45) is -24.3. The SMILES string of the molecule is C[C@@H]1O[C@@H](O[C@H]2[C@H](O[C@H]([C@H](O)[C@@H](O)C=O)[C@H](O)CO)O[C@H](CO)[C@H](O)[C@@H]2O)[C@@H](O)[C@H](O)[C@@H]1O. The molecule has 2 saturated heterocycles. The minimum absolute atomic E-state index is 0.0593. The molecular formula is C18H32O15. The summed E-state index contributed by atoms with van der Waals surface area (Å²) in [6, 6.07) is 0. The van der Waals surface area contributed by atoms with Gasteiger partial charge in [0.25, 0.3) is 0 Å². The summed E-state index contributed by atoms with van der Waals surface area (Å²) in [4.78, 5) is 10.8. The summed E-state index contributed by atoms with van der Waals surface area (Å²) in [7, 11) is 0. The van der Waals surface area contributed by atoms with E-state index in [-0.39, 0.29) is 6.29 Å². The largest absolute Gasteiger partial charge is 0.394 e. The minimum atomic E-state index is -2.08. The molecule has 0 aromatic heterocycles. The molecule has 14 atom stereocenters. The molecule has 0 bridgehead atoms. The summed E-state index contributed by atoms with van der Waals surface area (Å²) >= 11 is 0. The molecule has 2 rings (SSSR count). The zero-order valence-electron chi connectivity index (χ0n) is 17.6. The third kappa shape index (κ3) is 6.22. The van der Waals surface area contributed by atoms with Crippen LogP contribution in [0.5, 0.6) is 0 Å². The van der Waals surface area contributed by atoms with Gasteiger partial charge in [-0.3, -0.25) is 0 Å². The number of aliphatic hydroxyl groups is 10. The van der Waals surface area contributed by atoms with Crippen LogP contribution in [0.3, 0.4) is 0 Å². The molecule has 10 N–H and O–H groups in total. The molecule has 0 spiro atoms. The van der Waals surface area contributed by atoms with Crippen molar-refractivity contribution in [3.05, 3.63) is 0 Å². The van der Waals surface area contributed by atoms with E-state index in [0.717, 1.165) is 0 Å². The summed E-state index contributed by atoms with van der Waals surface area (Å²) in [5.41, 5.74) is 0. The Kier molecular flexibility index (Phi) is 10.5. The maximum Gasteiger partial charge on any atom is 0.187 e. The third-order valence-electron chi connectivity index (χ3n) is 5.61. The molecule has 2 aliphatic heterocycles. The smallest absolute Gasteiger partial charge is 0.187 e. The number of carbonyl (C=O) groups excluding carboxylic acids is 1. The highest BCUT2D eigenvalue weighted by atomic mass is 16.8. The van der Waals surface area contributed by atoms with Crippen molar-refractivity contribution in [1.82, 2.24) is 0 Å². The Morgan fingerprint density at radius 2 is 1.52 bits per heavy atom. The van der Waals surface area contributed by atoms with Gasteiger partial charge in [-0.1, -0.05) is 0 Å². The van der Waals surface area contributed by atoms with Gasteiger partial charge in [0, 0.05) is 0 Å². The molecule has 0 aliphatic carbocycles. The number of aldehydes is 1. The van der Waals surface area contributed by atoms with Crippen molar-refractivity contribution in [2.75, 3.05) is 13.2 Å². The number of carbonyl (C=O) groups is 1. The van der Waals surface area contributed by atoms with Crippen molar-refractivity contribution >= 4 is 6.29 Å². The molecule has 194 valence electrons. The van der Waals surface area contributed by atoms with Crippen LogP contribution < -0.4 is 0 Å². The normalized spacial score (nSPS) is 43.5. The predicted octanol–water partition coefficient (Wildman–Crippen LogP) is -6.70. The van der Waals surface area contributed by atoms with Crippen LogP contribution in [0.25, 0.3) is 0 Å². The maximum absolute atomic E-state index is 10.8. The van der Waals surface area contributed by atoms with Crippen molar-refractivity contribution in [1.29, 1.82) is 0 Å². The Morgan fingerprint density at radius 1 is 0.879 bits per heavy atom. The lowest BCUT2D eigenvalue weighted by atomic mass is 9.97. The molecule has 15 heteroatoms.